The molecule has 5 nitrogen and oxygen atoms in total. The van der Waals surface area contributed by atoms with Gasteiger partial charge in [-0.1, -0.05) is 18.2 Å². The van der Waals surface area contributed by atoms with Gasteiger partial charge in [0.25, 0.3) is 5.91 Å². The fourth-order valence-corrected chi connectivity index (χ4v) is 1.95. The zero-order valence-corrected chi connectivity index (χ0v) is 10.5. The summed E-state index contributed by atoms with van der Waals surface area (Å²) in [4.78, 5) is 29.7. The first-order chi connectivity index (χ1) is 8.59. The quantitative estimate of drug-likeness (QED) is 0.870. The van der Waals surface area contributed by atoms with Gasteiger partial charge in [0.2, 0.25) is 5.91 Å². The van der Waals surface area contributed by atoms with Gasteiger partial charge in [-0.3, -0.25) is 9.59 Å². The van der Waals surface area contributed by atoms with Crippen molar-refractivity contribution < 1.29 is 14.4 Å². The molecule has 2 amide bonds. The van der Waals surface area contributed by atoms with E-state index in [0.717, 1.165) is 5.56 Å². The lowest BCUT2D eigenvalue weighted by Gasteiger charge is -2.26. The van der Waals surface area contributed by atoms with Gasteiger partial charge in [0.05, 0.1) is 5.92 Å². The second-order valence-corrected chi connectivity index (χ2v) is 4.39. The fraction of sp³-hybridized carbons (Fsp3) is 0.385. The number of nitrogens with zero attached hydrogens (tertiary/aromatic N) is 1. The van der Waals surface area contributed by atoms with Crippen molar-refractivity contribution in [1.82, 2.24) is 10.4 Å². The molecule has 1 unspecified atom stereocenters. The van der Waals surface area contributed by atoms with Crippen LogP contribution in [0.4, 0.5) is 0 Å². The Hall–Kier alpha value is -2.04. The predicted octanol–water partition coefficient (Wildman–Crippen LogP) is 1.06. The molecule has 2 rings (SSSR count). The molecule has 1 aliphatic heterocycles. The molecule has 96 valence electrons. The van der Waals surface area contributed by atoms with Gasteiger partial charge in [-0.05, 0) is 12.5 Å². The molecular formula is C13H16N2O3. The minimum Gasteiger partial charge on any atom is -0.379 e. The van der Waals surface area contributed by atoms with Crippen LogP contribution >= 0.6 is 0 Å². The van der Waals surface area contributed by atoms with Gasteiger partial charge in [0.15, 0.2) is 5.75 Å². The average Bonchev–Trinajstić information content (AvgIpc) is 2.37. The topological polar surface area (TPSA) is 58.6 Å². The summed E-state index contributed by atoms with van der Waals surface area (Å²) in [6, 6.07) is 7.43. The minimum absolute atomic E-state index is 0.00393. The van der Waals surface area contributed by atoms with Crippen molar-refractivity contribution in [1.29, 1.82) is 0 Å². The molecule has 0 saturated carbocycles. The summed E-state index contributed by atoms with van der Waals surface area (Å²) < 4.78 is 0. The summed E-state index contributed by atoms with van der Waals surface area (Å²) in [5.41, 5.74) is 3.27. The van der Waals surface area contributed by atoms with Gasteiger partial charge in [-0.2, -0.15) is 5.48 Å². The summed E-state index contributed by atoms with van der Waals surface area (Å²) in [6.45, 7) is 2.06. The third-order valence-electron chi connectivity index (χ3n) is 3.16. The Kier molecular flexibility index (Phi) is 3.50. The summed E-state index contributed by atoms with van der Waals surface area (Å²) in [6.07, 6.45) is 0.586. The van der Waals surface area contributed by atoms with Gasteiger partial charge in [0.1, 0.15) is 0 Å². The predicted molar refractivity (Wildman–Crippen MR) is 65.9 cm³/mol. The lowest BCUT2D eigenvalue weighted by atomic mass is 9.93. The lowest BCUT2D eigenvalue weighted by molar-refractivity contribution is -0.132. The maximum atomic E-state index is 11.8. The molecule has 0 spiro atoms. The van der Waals surface area contributed by atoms with E-state index in [-0.39, 0.29) is 17.7 Å². The summed E-state index contributed by atoms with van der Waals surface area (Å²) in [7, 11) is 1.73. The molecule has 0 aliphatic carbocycles. The van der Waals surface area contributed by atoms with Crippen LogP contribution in [0.25, 0.3) is 0 Å². The first kappa shape index (κ1) is 12.4. The highest BCUT2D eigenvalue weighted by Gasteiger charge is 2.28. The number of benzene rings is 1. The molecule has 5 heteroatoms. The van der Waals surface area contributed by atoms with Crippen LogP contribution in [0.1, 0.15) is 24.8 Å². The van der Waals surface area contributed by atoms with Crippen LogP contribution in [0.2, 0.25) is 0 Å². The smallest absolute Gasteiger partial charge is 0.260 e. The SMILES string of the molecule is CC(=O)N(C)CCC1C(=O)NOc2ccccc21. The largest absolute Gasteiger partial charge is 0.379 e. The number of carbonyl (C=O) groups is 2. The van der Waals surface area contributed by atoms with E-state index in [2.05, 4.69) is 5.48 Å². The number of carbonyl (C=O) groups excluding carboxylic acids is 2. The van der Waals surface area contributed by atoms with Crippen molar-refractivity contribution in [2.45, 2.75) is 19.3 Å². The number of hydroxylamine groups is 1. The summed E-state index contributed by atoms with van der Waals surface area (Å²) in [5.74, 6) is 0.241. The highest BCUT2D eigenvalue weighted by Crippen LogP contribution is 2.31. The Morgan fingerprint density at radius 2 is 2.17 bits per heavy atom. The standard InChI is InChI=1S/C13H16N2O3/c1-9(16)15(2)8-7-11-10-5-3-4-6-12(10)18-14-13(11)17/h3-6,11H,7-8H2,1-2H3,(H,14,17). The Bertz CT molecular complexity index is 473. The van der Waals surface area contributed by atoms with Crippen molar-refractivity contribution in [2.24, 2.45) is 0 Å². The van der Waals surface area contributed by atoms with E-state index in [9.17, 15) is 9.59 Å². The maximum absolute atomic E-state index is 11.8. The number of rotatable bonds is 3. The van der Waals surface area contributed by atoms with Gasteiger partial charge in [-0.15, -0.1) is 0 Å². The van der Waals surface area contributed by atoms with Crippen LogP contribution in [-0.2, 0) is 9.59 Å². The van der Waals surface area contributed by atoms with Crippen molar-refractivity contribution >= 4 is 11.8 Å². The molecule has 18 heavy (non-hydrogen) atoms. The molecular weight excluding hydrogens is 232 g/mol. The second kappa shape index (κ2) is 5.08. The van der Waals surface area contributed by atoms with E-state index in [4.69, 9.17) is 4.84 Å². The van der Waals surface area contributed by atoms with E-state index in [1.165, 1.54) is 6.92 Å². The molecule has 1 N–H and O–H groups in total. The molecule has 1 aromatic carbocycles. The first-order valence-corrected chi connectivity index (χ1v) is 5.87. The number of para-hydroxylation sites is 1. The van der Waals surface area contributed by atoms with Crippen LogP contribution in [-0.4, -0.2) is 30.3 Å². The molecule has 1 aliphatic rings. The Morgan fingerprint density at radius 3 is 2.89 bits per heavy atom. The molecule has 0 bridgehead atoms. The molecule has 1 aromatic rings. The van der Waals surface area contributed by atoms with Gasteiger partial charge in [0, 0.05) is 26.1 Å². The van der Waals surface area contributed by atoms with Crippen LogP contribution in [0.5, 0.6) is 5.75 Å². The third kappa shape index (κ3) is 2.45. The highest BCUT2D eigenvalue weighted by atomic mass is 16.7. The summed E-state index contributed by atoms with van der Waals surface area (Å²) in [5, 5.41) is 0. The van der Waals surface area contributed by atoms with E-state index in [1.54, 1.807) is 11.9 Å². The lowest BCUT2D eigenvalue weighted by Crippen LogP contribution is -2.38. The Labute approximate surface area is 106 Å². The number of fused-ring (bicyclic) bond motifs is 1. The Balaban J connectivity index is 2.12. The van der Waals surface area contributed by atoms with Crippen molar-refractivity contribution in [2.75, 3.05) is 13.6 Å². The van der Waals surface area contributed by atoms with Crippen molar-refractivity contribution in [3.63, 3.8) is 0 Å². The van der Waals surface area contributed by atoms with Gasteiger partial charge >= 0.3 is 0 Å². The van der Waals surface area contributed by atoms with Crippen molar-refractivity contribution in [3.05, 3.63) is 29.8 Å². The van der Waals surface area contributed by atoms with Crippen LogP contribution in [0, 0.1) is 0 Å². The average molecular weight is 248 g/mol. The van der Waals surface area contributed by atoms with E-state index in [0.29, 0.717) is 18.7 Å². The molecule has 1 heterocycles. The van der Waals surface area contributed by atoms with Gasteiger partial charge < -0.3 is 9.74 Å². The number of nitrogens with one attached hydrogen (secondary N) is 1. The fourth-order valence-electron chi connectivity index (χ4n) is 1.95. The van der Waals surface area contributed by atoms with Crippen LogP contribution in [0.15, 0.2) is 24.3 Å². The van der Waals surface area contributed by atoms with Crippen LogP contribution in [0.3, 0.4) is 0 Å². The number of hydrogen-bond acceptors (Lipinski definition) is 3. The summed E-state index contributed by atoms with van der Waals surface area (Å²) >= 11 is 0. The van der Waals surface area contributed by atoms with Gasteiger partial charge in [-0.25, -0.2) is 0 Å². The number of hydrogen-bond donors (Lipinski definition) is 1. The minimum atomic E-state index is -0.267. The molecule has 0 fully saturated rings. The zero-order chi connectivity index (χ0) is 13.1. The van der Waals surface area contributed by atoms with Crippen LogP contribution < -0.4 is 10.3 Å². The first-order valence-electron chi connectivity index (χ1n) is 5.87. The number of amides is 2. The van der Waals surface area contributed by atoms with E-state index >= 15 is 0 Å². The molecule has 0 saturated heterocycles. The van der Waals surface area contributed by atoms with E-state index < -0.39 is 0 Å². The molecule has 1 atom stereocenters. The molecule has 0 radical (unpaired) electrons. The maximum Gasteiger partial charge on any atom is 0.260 e. The zero-order valence-electron chi connectivity index (χ0n) is 10.5. The molecule has 0 aromatic heterocycles. The Morgan fingerprint density at radius 1 is 1.44 bits per heavy atom. The normalized spacial score (nSPS) is 17.4. The van der Waals surface area contributed by atoms with Crippen molar-refractivity contribution in [3.8, 4) is 5.75 Å². The highest BCUT2D eigenvalue weighted by molar-refractivity contribution is 5.85. The monoisotopic (exact) mass is 248 g/mol. The third-order valence-corrected chi connectivity index (χ3v) is 3.16. The van der Waals surface area contributed by atoms with E-state index in [1.807, 2.05) is 24.3 Å². The second-order valence-electron chi connectivity index (χ2n) is 4.39.